The summed E-state index contributed by atoms with van der Waals surface area (Å²) < 4.78 is 4.78. The van der Waals surface area contributed by atoms with Gasteiger partial charge in [0.05, 0.1) is 23.4 Å². The Bertz CT molecular complexity index is 435. The van der Waals surface area contributed by atoms with Crippen molar-refractivity contribution in [1.82, 2.24) is 0 Å². The van der Waals surface area contributed by atoms with Gasteiger partial charge in [-0.2, -0.15) is 5.26 Å². The first kappa shape index (κ1) is 10.9. The first-order valence-electron chi connectivity index (χ1n) is 4.36. The fraction of sp³-hybridized carbons (Fsp3) is 0.200. The van der Waals surface area contributed by atoms with Crippen molar-refractivity contribution in [3.05, 3.63) is 23.3 Å². The number of anilines is 2. The van der Waals surface area contributed by atoms with E-state index in [-0.39, 0.29) is 23.4 Å². The van der Waals surface area contributed by atoms with E-state index in [0.717, 1.165) is 0 Å². The smallest absolute Gasteiger partial charge is 0.340 e. The van der Waals surface area contributed by atoms with E-state index < -0.39 is 5.97 Å². The zero-order chi connectivity index (χ0) is 11.4. The van der Waals surface area contributed by atoms with E-state index in [1.165, 1.54) is 12.1 Å². The fourth-order valence-corrected chi connectivity index (χ4v) is 1.15. The summed E-state index contributed by atoms with van der Waals surface area (Å²) in [6.07, 6.45) is 0. The molecule has 5 nitrogen and oxygen atoms in total. The highest BCUT2D eigenvalue weighted by atomic mass is 16.5. The molecule has 1 aromatic carbocycles. The van der Waals surface area contributed by atoms with Crippen molar-refractivity contribution >= 4 is 17.3 Å². The number of nitrogen functional groups attached to an aromatic ring is 2. The van der Waals surface area contributed by atoms with Gasteiger partial charge in [0.1, 0.15) is 6.07 Å². The number of nitrogens with two attached hydrogens (primary N) is 2. The van der Waals surface area contributed by atoms with Crippen LogP contribution < -0.4 is 11.5 Å². The number of nitriles is 1. The average molecular weight is 205 g/mol. The van der Waals surface area contributed by atoms with Crippen molar-refractivity contribution in [2.75, 3.05) is 18.1 Å². The van der Waals surface area contributed by atoms with Crippen LogP contribution in [0.1, 0.15) is 22.8 Å². The number of ether oxygens (including phenoxy) is 1. The highest BCUT2D eigenvalue weighted by Gasteiger charge is 2.14. The minimum atomic E-state index is -0.571. The van der Waals surface area contributed by atoms with Crippen molar-refractivity contribution in [2.24, 2.45) is 0 Å². The molecule has 0 atom stereocenters. The van der Waals surface area contributed by atoms with Crippen LogP contribution >= 0.6 is 0 Å². The molecule has 0 aliphatic heterocycles. The largest absolute Gasteiger partial charge is 0.462 e. The molecule has 4 N–H and O–H groups in total. The number of esters is 1. The second-order valence-corrected chi connectivity index (χ2v) is 2.86. The molecule has 78 valence electrons. The van der Waals surface area contributed by atoms with E-state index >= 15 is 0 Å². The summed E-state index contributed by atoms with van der Waals surface area (Å²) in [5.41, 5.74) is 11.9. The zero-order valence-corrected chi connectivity index (χ0v) is 8.28. The number of hydrogen-bond donors (Lipinski definition) is 2. The third kappa shape index (κ3) is 2.17. The van der Waals surface area contributed by atoms with Crippen LogP contribution in [-0.4, -0.2) is 12.6 Å². The van der Waals surface area contributed by atoms with Gasteiger partial charge in [0.2, 0.25) is 0 Å². The van der Waals surface area contributed by atoms with Crippen LogP contribution in [0.25, 0.3) is 0 Å². The first-order chi connectivity index (χ1) is 7.10. The Morgan fingerprint density at radius 1 is 1.53 bits per heavy atom. The molecule has 5 heteroatoms. The van der Waals surface area contributed by atoms with Crippen LogP contribution in [0, 0.1) is 11.3 Å². The van der Waals surface area contributed by atoms with Crippen LogP contribution in [0.2, 0.25) is 0 Å². The monoisotopic (exact) mass is 205 g/mol. The first-order valence-corrected chi connectivity index (χ1v) is 4.36. The summed E-state index contributed by atoms with van der Waals surface area (Å²) in [6.45, 7) is 1.93. The van der Waals surface area contributed by atoms with Gasteiger partial charge in [-0.1, -0.05) is 0 Å². The van der Waals surface area contributed by atoms with Crippen LogP contribution in [-0.2, 0) is 4.74 Å². The van der Waals surface area contributed by atoms with Gasteiger partial charge in [-0.05, 0) is 19.1 Å². The van der Waals surface area contributed by atoms with Crippen molar-refractivity contribution in [2.45, 2.75) is 6.92 Å². The minimum absolute atomic E-state index is 0.102. The van der Waals surface area contributed by atoms with Gasteiger partial charge in [0.15, 0.2) is 0 Å². The standard InChI is InChI=1S/C10H11N3O2/c1-2-15-10(14)8-4-7(12)3-6(5-11)9(8)13/h3-4H,2,12-13H2,1H3. The fourth-order valence-electron chi connectivity index (χ4n) is 1.15. The number of hydrogen-bond acceptors (Lipinski definition) is 5. The summed E-state index contributed by atoms with van der Waals surface area (Å²) in [7, 11) is 0. The maximum atomic E-state index is 11.4. The van der Waals surface area contributed by atoms with Gasteiger partial charge >= 0.3 is 5.97 Å². The maximum Gasteiger partial charge on any atom is 0.340 e. The molecular formula is C10H11N3O2. The van der Waals surface area contributed by atoms with E-state index in [9.17, 15) is 4.79 Å². The number of carbonyl (C=O) groups excluding carboxylic acids is 1. The van der Waals surface area contributed by atoms with E-state index in [0.29, 0.717) is 5.69 Å². The molecule has 0 aliphatic rings. The minimum Gasteiger partial charge on any atom is -0.462 e. The van der Waals surface area contributed by atoms with Gasteiger partial charge in [0.25, 0.3) is 0 Å². The molecule has 0 spiro atoms. The van der Waals surface area contributed by atoms with E-state index in [4.69, 9.17) is 21.5 Å². The molecule has 0 saturated carbocycles. The molecule has 1 rings (SSSR count). The molecule has 0 aliphatic carbocycles. The highest BCUT2D eigenvalue weighted by molar-refractivity contribution is 5.97. The van der Waals surface area contributed by atoms with Crippen molar-refractivity contribution in [3.63, 3.8) is 0 Å². The second kappa shape index (κ2) is 4.33. The third-order valence-corrected chi connectivity index (χ3v) is 1.82. The molecule has 0 radical (unpaired) electrons. The molecule has 15 heavy (non-hydrogen) atoms. The lowest BCUT2D eigenvalue weighted by molar-refractivity contribution is 0.0527. The number of carbonyl (C=O) groups is 1. The Balaban J connectivity index is 3.24. The van der Waals surface area contributed by atoms with Crippen molar-refractivity contribution < 1.29 is 9.53 Å². The summed E-state index contributed by atoms with van der Waals surface area (Å²) in [4.78, 5) is 11.4. The Morgan fingerprint density at radius 3 is 2.73 bits per heavy atom. The summed E-state index contributed by atoms with van der Waals surface area (Å²) >= 11 is 0. The van der Waals surface area contributed by atoms with E-state index in [2.05, 4.69) is 0 Å². The van der Waals surface area contributed by atoms with Gasteiger partial charge < -0.3 is 16.2 Å². The molecule has 0 fully saturated rings. The normalized spacial score (nSPS) is 9.33. The summed E-state index contributed by atoms with van der Waals surface area (Å²) in [5, 5.41) is 8.74. The molecule has 1 aromatic rings. The molecule has 0 unspecified atom stereocenters. The Hall–Kier alpha value is -2.22. The van der Waals surface area contributed by atoms with Gasteiger partial charge in [-0.15, -0.1) is 0 Å². The molecule has 0 heterocycles. The Morgan fingerprint density at radius 2 is 2.20 bits per heavy atom. The second-order valence-electron chi connectivity index (χ2n) is 2.86. The highest BCUT2D eigenvalue weighted by Crippen LogP contribution is 2.21. The number of nitrogens with zero attached hydrogens (tertiary/aromatic N) is 1. The lowest BCUT2D eigenvalue weighted by atomic mass is 10.1. The Labute approximate surface area is 87.2 Å². The van der Waals surface area contributed by atoms with Crippen LogP contribution in [0.5, 0.6) is 0 Å². The predicted octanol–water partition coefficient (Wildman–Crippen LogP) is 0.899. The van der Waals surface area contributed by atoms with E-state index in [1.54, 1.807) is 6.92 Å². The number of rotatable bonds is 2. The molecule has 0 bridgehead atoms. The molecular weight excluding hydrogens is 194 g/mol. The van der Waals surface area contributed by atoms with Crippen LogP contribution in [0.15, 0.2) is 12.1 Å². The SMILES string of the molecule is CCOC(=O)c1cc(N)cc(C#N)c1N. The van der Waals surface area contributed by atoms with Gasteiger partial charge in [0, 0.05) is 5.69 Å². The van der Waals surface area contributed by atoms with Crippen LogP contribution in [0.4, 0.5) is 11.4 Å². The number of benzene rings is 1. The maximum absolute atomic E-state index is 11.4. The lowest BCUT2D eigenvalue weighted by Crippen LogP contribution is -2.10. The average Bonchev–Trinajstić information content (AvgIpc) is 2.21. The lowest BCUT2D eigenvalue weighted by Gasteiger charge is -2.07. The van der Waals surface area contributed by atoms with Gasteiger partial charge in [-0.25, -0.2) is 4.79 Å². The zero-order valence-electron chi connectivity index (χ0n) is 8.28. The molecule has 0 aromatic heterocycles. The van der Waals surface area contributed by atoms with Crippen molar-refractivity contribution in [1.29, 1.82) is 5.26 Å². The van der Waals surface area contributed by atoms with Crippen LogP contribution in [0.3, 0.4) is 0 Å². The third-order valence-electron chi connectivity index (χ3n) is 1.82. The van der Waals surface area contributed by atoms with Gasteiger partial charge in [-0.3, -0.25) is 0 Å². The summed E-state index contributed by atoms with van der Waals surface area (Å²) in [6, 6.07) is 4.67. The van der Waals surface area contributed by atoms with Crippen molar-refractivity contribution in [3.8, 4) is 6.07 Å². The quantitative estimate of drug-likeness (QED) is 0.551. The molecule has 0 amide bonds. The summed E-state index contributed by atoms with van der Waals surface area (Å²) in [5.74, 6) is -0.571. The predicted molar refractivity (Wildman–Crippen MR) is 55.9 cm³/mol. The Kier molecular flexibility index (Phi) is 3.13. The molecule has 0 saturated heterocycles. The van der Waals surface area contributed by atoms with E-state index in [1.807, 2.05) is 6.07 Å². The topological polar surface area (TPSA) is 102 Å².